The van der Waals surface area contributed by atoms with E-state index >= 15 is 0 Å². The Morgan fingerprint density at radius 2 is 1.92 bits per heavy atom. The molecule has 0 radical (unpaired) electrons. The van der Waals surface area contributed by atoms with E-state index in [9.17, 15) is 5.11 Å². The average molecular weight is 327 g/mol. The highest BCUT2D eigenvalue weighted by Crippen LogP contribution is 2.25. The first-order valence-electron chi connectivity index (χ1n) is 7.99. The number of hydrogen-bond donors (Lipinski definition) is 2. The molecule has 24 heavy (non-hydrogen) atoms. The van der Waals surface area contributed by atoms with Crippen LogP contribution in [0.1, 0.15) is 30.9 Å². The number of imidazole rings is 1. The van der Waals surface area contributed by atoms with E-state index in [4.69, 9.17) is 10.5 Å². The van der Waals surface area contributed by atoms with E-state index in [1.807, 2.05) is 31.2 Å². The van der Waals surface area contributed by atoms with Gasteiger partial charge in [0, 0.05) is 0 Å². The van der Waals surface area contributed by atoms with Crippen molar-refractivity contribution in [2.75, 3.05) is 12.3 Å². The molecule has 0 aliphatic heterocycles. The molecule has 126 valence electrons. The van der Waals surface area contributed by atoms with Crippen LogP contribution in [0.3, 0.4) is 0 Å². The molecule has 0 saturated carbocycles. The van der Waals surface area contributed by atoms with Gasteiger partial charge in [-0.15, -0.1) is 0 Å². The summed E-state index contributed by atoms with van der Waals surface area (Å²) in [5, 5.41) is 10.2. The highest BCUT2D eigenvalue weighted by atomic mass is 16.5. The molecule has 3 aromatic rings. The molecule has 3 N–H and O–H groups in total. The summed E-state index contributed by atoms with van der Waals surface area (Å²) in [4.78, 5) is 12.6. The number of aryl methyl sites for hydroxylation is 1. The molecule has 0 amide bonds. The van der Waals surface area contributed by atoms with Gasteiger partial charge in [-0.3, -0.25) is 4.57 Å². The van der Waals surface area contributed by atoms with E-state index in [-0.39, 0.29) is 17.8 Å². The lowest BCUT2D eigenvalue weighted by Crippen LogP contribution is -2.06. The van der Waals surface area contributed by atoms with Gasteiger partial charge in [0.1, 0.15) is 0 Å². The summed E-state index contributed by atoms with van der Waals surface area (Å²) in [6.45, 7) is 5.07. The van der Waals surface area contributed by atoms with Crippen molar-refractivity contribution in [1.29, 1.82) is 0 Å². The summed E-state index contributed by atoms with van der Waals surface area (Å²) < 4.78 is 7.14. The molecule has 0 aliphatic rings. The van der Waals surface area contributed by atoms with Gasteiger partial charge in [-0.2, -0.15) is 15.0 Å². The molecular weight excluding hydrogens is 306 g/mol. The lowest BCUT2D eigenvalue weighted by Gasteiger charge is -2.08. The van der Waals surface area contributed by atoms with Gasteiger partial charge in [0.15, 0.2) is 17.0 Å². The monoisotopic (exact) mass is 327 g/mol. The maximum atomic E-state index is 10.2. The van der Waals surface area contributed by atoms with Crippen molar-refractivity contribution in [3.05, 3.63) is 35.4 Å². The van der Waals surface area contributed by atoms with Gasteiger partial charge in [-0.05, 0) is 18.9 Å². The zero-order valence-corrected chi connectivity index (χ0v) is 13.9. The molecule has 0 fully saturated rings. The van der Waals surface area contributed by atoms with Gasteiger partial charge in [0.2, 0.25) is 0 Å². The number of rotatable bonds is 6. The second-order valence-electron chi connectivity index (χ2n) is 5.75. The molecule has 0 aliphatic carbocycles. The first-order valence-corrected chi connectivity index (χ1v) is 7.99. The van der Waals surface area contributed by atoms with Crippen molar-refractivity contribution < 1.29 is 9.84 Å². The summed E-state index contributed by atoms with van der Waals surface area (Å²) in [5.41, 5.74) is 8.99. The maximum absolute atomic E-state index is 10.2. The third kappa shape index (κ3) is 3.24. The first-order chi connectivity index (χ1) is 11.6. The molecule has 2 aromatic heterocycles. The predicted octanol–water partition coefficient (Wildman–Crippen LogP) is 2.65. The number of aromatic hydroxyl groups is 1. The number of anilines is 1. The third-order valence-corrected chi connectivity index (χ3v) is 3.77. The van der Waals surface area contributed by atoms with Gasteiger partial charge >= 0.3 is 6.01 Å². The topological polar surface area (TPSA) is 99.1 Å². The summed E-state index contributed by atoms with van der Waals surface area (Å²) in [5.74, 6) is 0.199. The Balaban J connectivity index is 1.96. The molecule has 0 saturated heterocycles. The quantitative estimate of drug-likeness (QED) is 0.675. The van der Waals surface area contributed by atoms with E-state index in [0.717, 1.165) is 18.4 Å². The Bertz CT molecular complexity index is 842. The van der Waals surface area contributed by atoms with Crippen molar-refractivity contribution in [2.24, 2.45) is 0 Å². The molecule has 0 unspecified atom stereocenters. The Morgan fingerprint density at radius 3 is 2.62 bits per heavy atom. The molecular formula is C17H21N5O2. The van der Waals surface area contributed by atoms with Crippen LogP contribution in [0.2, 0.25) is 0 Å². The van der Waals surface area contributed by atoms with Crippen LogP contribution in [-0.4, -0.2) is 31.2 Å². The Labute approximate surface area is 140 Å². The van der Waals surface area contributed by atoms with Crippen molar-refractivity contribution in [3.8, 4) is 12.0 Å². The van der Waals surface area contributed by atoms with Crippen LogP contribution < -0.4 is 10.5 Å². The highest BCUT2D eigenvalue weighted by Gasteiger charge is 2.17. The van der Waals surface area contributed by atoms with Gasteiger partial charge < -0.3 is 15.6 Å². The van der Waals surface area contributed by atoms with Crippen LogP contribution in [0.4, 0.5) is 5.82 Å². The molecule has 0 bridgehead atoms. The minimum absolute atomic E-state index is 0.141. The lowest BCUT2D eigenvalue weighted by atomic mass is 10.1. The number of unbranched alkanes of at least 4 members (excludes halogenated alkanes) is 1. The minimum atomic E-state index is -0.141. The van der Waals surface area contributed by atoms with Gasteiger partial charge in [-0.25, -0.2) is 0 Å². The van der Waals surface area contributed by atoms with Crippen LogP contribution in [0, 0.1) is 6.92 Å². The van der Waals surface area contributed by atoms with Crippen LogP contribution >= 0.6 is 0 Å². The molecule has 0 atom stereocenters. The van der Waals surface area contributed by atoms with Crippen molar-refractivity contribution in [3.63, 3.8) is 0 Å². The molecule has 2 heterocycles. The molecule has 7 nitrogen and oxygen atoms in total. The number of fused-ring (bicyclic) bond motifs is 1. The number of nitrogens with two attached hydrogens (primary N) is 1. The zero-order valence-electron chi connectivity index (χ0n) is 13.9. The highest BCUT2D eigenvalue weighted by molar-refractivity contribution is 5.83. The number of nitrogen functional groups attached to an aromatic ring is 1. The summed E-state index contributed by atoms with van der Waals surface area (Å²) in [7, 11) is 0. The fourth-order valence-corrected chi connectivity index (χ4v) is 2.38. The summed E-state index contributed by atoms with van der Waals surface area (Å²) in [6.07, 6.45) is 1.93. The van der Waals surface area contributed by atoms with Crippen molar-refractivity contribution in [2.45, 2.75) is 33.2 Å². The molecule has 3 rings (SSSR count). The number of aromatic nitrogens is 4. The Morgan fingerprint density at radius 1 is 1.17 bits per heavy atom. The normalized spacial score (nSPS) is 11.1. The van der Waals surface area contributed by atoms with Crippen molar-refractivity contribution >= 4 is 17.0 Å². The average Bonchev–Trinajstić information content (AvgIpc) is 2.87. The van der Waals surface area contributed by atoms with E-state index in [1.54, 1.807) is 4.57 Å². The van der Waals surface area contributed by atoms with Crippen LogP contribution in [0.5, 0.6) is 12.0 Å². The van der Waals surface area contributed by atoms with Gasteiger partial charge in [0.25, 0.3) is 6.01 Å². The first kappa shape index (κ1) is 16.0. The van der Waals surface area contributed by atoms with E-state index in [0.29, 0.717) is 24.3 Å². The standard InChI is InChI=1S/C17H21N5O2/c1-3-4-9-24-16-20-14(18)13-15(21-16)22(17(23)19-13)10-12-7-5-11(2)6-8-12/h5-8H,3-4,9-10H2,1-2H3,(H,19,23)(H2,18,20,21). The summed E-state index contributed by atoms with van der Waals surface area (Å²) in [6, 6.07) is 8.12. The smallest absolute Gasteiger partial charge is 0.320 e. The summed E-state index contributed by atoms with van der Waals surface area (Å²) >= 11 is 0. The maximum Gasteiger partial charge on any atom is 0.320 e. The Kier molecular flexibility index (Phi) is 4.50. The SMILES string of the molecule is CCCCOc1nc(N)c2nc(O)n(Cc3ccc(C)cc3)c2n1. The second kappa shape index (κ2) is 6.74. The molecule has 7 heteroatoms. The lowest BCUT2D eigenvalue weighted by molar-refractivity contribution is 0.286. The fourth-order valence-electron chi connectivity index (χ4n) is 2.38. The van der Waals surface area contributed by atoms with Crippen LogP contribution in [-0.2, 0) is 6.54 Å². The second-order valence-corrected chi connectivity index (χ2v) is 5.75. The number of ether oxygens (including phenoxy) is 1. The largest absolute Gasteiger partial charge is 0.480 e. The number of benzene rings is 1. The van der Waals surface area contributed by atoms with E-state index in [2.05, 4.69) is 21.9 Å². The van der Waals surface area contributed by atoms with Gasteiger partial charge in [-0.1, -0.05) is 43.2 Å². The number of hydrogen-bond acceptors (Lipinski definition) is 6. The Hall–Kier alpha value is -2.83. The van der Waals surface area contributed by atoms with Crippen LogP contribution in [0.25, 0.3) is 11.2 Å². The minimum Gasteiger partial charge on any atom is -0.480 e. The van der Waals surface area contributed by atoms with E-state index in [1.165, 1.54) is 5.56 Å². The third-order valence-electron chi connectivity index (χ3n) is 3.77. The fraction of sp³-hybridized carbons (Fsp3) is 0.353. The molecule has 0 spiro atoms. The van der Waals surface area contributed by atoms with Crippen LogP contribution in [0.15, 0.2) is 24.3 Å². The predicted molar refractivity (Wildman–Crippen MR) is 92.1 cm³/mol. The van der Waals surface area contributed by atoms with Crippen molar-refractivity contribution in [1.82, 2.24) is 19.5 Å². The zero-order chi connectivity index (χ0) is 17.1. The number of nitrogens with zero attached hydrogens (tertiary/aromatic N) is 4. The van der Waals surface area contributed by atoms with Gasteiger partial charge in [0.05, 0.1) is 13.2 Å². The van der Waals surface area contributed by atoms with E-state index < -0.39 is 0 Å². The molecule has 1 aromatic carbocycles.